The van der Waals surface area contributed by atoms with Crippen LogP contribution in [0.1, 0.15) is 31.2 Å². The maximum atomic E-state index is 11.5. The third-order valence-electron chi connectivity index (χ3n) is 4.23. The number of amides is 1. The Bertz CT molecular complexity index is 686. The second-order valence-corrected chi connectivity index (χ2v) is 6.30. The first-order chi connectivity index (χ1) is 12.5. The maximum absolute atomic E-state index is 11.5. The van der Waals surface area contributed by atoms with Crippen LogP contribution in [0, 0.1) is 12.3 Å². The van der Waals surface area contributed by atoms with Gasteiger partial charge in [-0.15, -0.1) is 0 Å². The minimum atomic E-state index is -0.129. The van der Waals surface area contributed by atoms with Gasteiger partial charge in [-0.05, 0) is 38.7 Å². The van der Waals surface area contributed by atoms with Crippen LogP contribution in [0.25, 0.3) is 0 Å². The van der Waals surface area contributed by atoms with E-state index in [9.17, 15) is 4.79 Å². The molecule has 1 heterocycles. The third kappa shape index (κ3) is 5.58. The molecule has 0 radical (unpaired) electrons. The molecule has 1 aliphatic carbocycles. The summed E-state index contributed by atoms with van der Waals surface area (Å²) in [6.07, 6.45) is 9.80. The Hall–Kier alpha value is -2.90. The normalized spacial score (nSPS) is 20.0. The molecular weight excluding hydrogens is 330 g/mol. The molecule has 2 rings (SSSR count). The van der Waals surface area contributed by atoms with Gasteiger partial charge in [-0.2, -0.15) is 4.98 Å². The number of hydrogen-bond acceptors (Lipinski definition) is 7. The lowest BCUT2D eigenvalue weighted by atomic mass is 9.91. The maximum Gasteiger partial charge on any atom is 0.243 e. The van der Waals surface area contributed by atoms with E-state index < -0.39 is 0 Å². The van der Waals surface area contributed by atoms with E-state index in [0.29, 0.717) is 11.6 Å². The lowest BCUT2D eigenvalue weighted by molar-refractivity contribution is -0.117. The Morgan fingerprint density at radius 3 is 2.85 bits per heavy atom. The zero-order valence-electron chi connectivity index (χ0n) is 15.3. The predicted molar refractivity (Wildman–Crippen MR) is 104 cm³/mol. The van der Waals surface area contributed by atoms with E-state index in [1.807, 2.05) is 6.92 Å². The lowest BCUT2D eigenvalue weighted by Crippen LogP contribution is -2.41. The molecular formula is C18H27N7O. The van der Waals surface area contributed by atoms with Crippen LogP contribution in [0.15, 0.2) is 30.7 Å². The van der Waals surface area contributed by atoms with Crippen molar-refractivity contribution in [1.29, 1.82) is 5.41 Å². The van der Waals surface area contributed by atoms with Gasteiger partial charge in [-0.25, -0.2) is 4.98 Å². The highest BCUT2D eigenvalue weighted by Gasteiger charge is 2.23. The Morgan fingerprint density at radius 2 is 2.15 bits per heavy atom. The molecule has 1 amide bonds. The largest absolute Gasteiger partial charge is 0.392 e. The topological polar surface area (TPSA) is 115 Å². The summed E-state index contributed by atoms with van der Waals surface area (Å²) in [5, 5.41) is 19.7. The van der Waals surface area contributed by atoms with Gasteiger partial charge in [0.1, 0.15) is 5.82 Å². The zero-order chi connectivity index (χ0) is 18.9. The first-order valence-electron chi connectivity index (χ1n) is 8.73. The second kappa shape index (κ2) is 9.55. The molecule has 2 atom stereocenters. The molecule has 1 fully saturated rings. The molecule has 5 N–H and O–H groups in total. The van der Waals surface area contributed by atoms with Gasteiger partial charge in [0.25, 0.3) is 0 Å². The summed E-state index contributed by atoms with van der Waals surface area (Å²) in [4.78, 5) is 20.3. The van der Waals surface area contributed by atoms with E-state index in [2.05, 4.69) is 37.8 Å². The monoisotopic (exact) mass is 357 g/mol. The van der Waals surface area contributed by atoms with Gasteiger partial charge in [0.05, 0.1) is 5.70 Å². The van der Waals surface area contributed by atoms with Crippen molar-refractivity contribution >= 4 is 23.9 Å². The molecule has 1 aromatic rings. The Kier molecular flexibility index (Phi) is 7.13. The first kappa shape index (κ1) is 19.4. The van der Waals surface area contributed by atoms with Crippen molar-refractivity contribution in [3.05, 3.63) is 36.3 Å². The molecule has 8 heteroatoms. The van der Waals surface area contributed by atoms with Gasteiger partial charge in [-0.3, -0.25) is 4.79 Å². The van der Waals surface area contributed by atoms with E-state index in [4.69, 9.17) is 5.41 Å². The fourth-order valence-electron chi connectivity index (χ4n) is 2.95. The number of allylic oxidation sites excluding steroid dienone is 1. The molecule has 26 heavy (non-hydrogen) atoms. The van der Waals surface area contributed by atoms with Crippen LogP contribution in [0.5, 0.6) is 0 Å². The van der Waals surface area contributed by atoms with Crippen molar-refractivity contribution in [2.75, 3.05) is 17.7 Å². The van der Waals surface area contributed by atoms with Crippen molar-refractivity contribution in [3.63, 3.8) is 0 Å². The summed E-state index contributed by atoms with van der Waals surface area (Å²) in [5.41, 5.74) is 1.51. The van der Waals surface area contributed by atoms with Crippen molar-refractivity contribution in [3.8, 4) is 0 Å². The van der Waals surface area contributed by atoms with Crippen LogP contribution in [0.3, 0.4) is 0 Å². The molecule has 1 saturated carbocycles. The molecule has 140 valence electrons. The van der Waals surface area contributed by atoms with E-state index in [1.165, 1.54) is 12.3 Å². The van der Waals surface area contributed by atoms with Crippen LogP contribution in [0.2, 0.25) is 0 Å². The Morgan fingerprint density at radius 1 is 1.38 bits per heavy atom. The number of aryl methyl sites for hydroxylation is 1. The summed E-state index contributed by atoms with van der Waals surface area (Å²) in [6.45, 7) is 5.45. The molecule has 1 aliphatic rings. The third-order valence-corrected chi connectivity index (χ3v) is 4.23. The number of anilines is 2. The lowest BCUT2D eigenvalue weighted by Gasteiger charge is -2.30. The van der Waals surface area contributed by atoms with E-state index in [-0.39, 0.29) is 18.0 Å². The fraction of sp³-hybridized carbons (Fsp3) is 0.444. The average Bonchev–Trinajstić information content (AvgIpc) is 2.64. The summed E-state index contributed by atoms with van der Waals surface area (Å²) in [6, 6.07) is 0.380. The molecule has 8 nitrogen and oxygen atoms in total. The van der Waals surface area contributed by atoms with Crippen molar-refractivity contribution in [2.24, 2.45) is 0 Å². The summed E-state index contributed by atoms with van der Waals surface area (Å²) in [5.74, 6) is 1.06. The van der Waals surface area contributed by atoms with Crippen molar-refractivity contribution < 1.29 is 4.79 Å². The van der Waals surface area contributed by atoms with Gasteiger partial charge in [-0.1, -0.05) is 6.58 Å². The SMILES string of the molecule is C=CC(=O)NC1CCCC(Nc2nc(N/C(C=N)=C/NC)ncc2C)C1. The summed E-state index contributed by atoms with van der Waals surface area (Å²) < 4.78 is 0. The number of carbonyl (C=O) groups excluding carboxylic acids is 1. The molecule has 0 bridgehead atoms. The number of aromatic nitrogens is 2. The van der Waals surface area contributed by atoms with Crippen molar-refractivity contribution in [1.82, 2.24) is 20.6 Å². The van der Waals surface area contributed by atoms with Gasteiger partial charge < -0.3 is 26.7 Å². The van der Waals surface area contributed by atoms with E-state index in [0.717, 1.165) is 37.1 Å². The molecule has 2 unspecified atom stereocenters. The van der Waals surface area contributed by atoms with E-state index >= 15 is 0 Å². The number of nitrogens with one attached hydrogen (secondary N) is 5. The highest BCUT2D eigenvalue weighted by Crippen LogP contribution is 2.23. The number of rotatable bonds is 8. The fourth-order valence-corrected chi connectivity index (χ4v) is 2.95. The number of carbonyl (C=O) groups is 1. The van der Waals surface area contributed by atoms with Gasteiger partial charge in [0.15, 0.2) is 0 Å². The summed E-state index contributed by atoms with van der Waals surface area (Å²) >= 11 is 0. The average molecular weight is 357 g/mol. The Balaban J connectivity index is 2.05. The minimum Gasteiger partial charge on any atom is -0.392 e. The molecule has 1 aromatic heterocycles. The molecule has 0 aliphatic heterocycles. The van der Waals surface area contributed by atoms with Gasteiger partial charge in [0, 0.05) is 43.3 Å². The highest BCUT2D eigenvalue weighted by molar-refractivity contribution is 5.87. The Labute approximate surface area is 154 Å². The molecule has 0 aromatic carbocycles. The van der Waals surface area contributed by atoms with Crippen LogP contribution in [0.4, 0.5) is 11.8 Å². The zero-order valence-corrected chi connectivity index (χ0v) is 15.3. The first-order valence-corrected chi connectivity index (χ1v) is 8.73. The van der Waals surface area contributed by atoms with Crippen molar-refractivity contribution in [2.45, 2.75) is 44.7 Å². The van der Waals surface area contributed by atoms with Crippen LogP contribution in [-0.2, 0) is 4.79 Å². The van der Waals surface area contributed by atoms with Gasteiger partial charge >= 0.3 is 0 Å². The van der Waals surface area contributed by atoms with Crippen LogP contribution < -0.4 is 21.3 Å². The smallest absolute Gasteiger partial charge is 0.243 e. The standard InChI is InChI=1S/C18H27N7O/c1-4-16(26)22-13-6-5-7-14(8-13)23-17-12(2)10-21-18(25-17)24-15(9-19)11-20-3/h4,9-11,13-14,19-20H,1,5-8H2,2-3H3,(H,22,26)(H2,21,23,24,25)/b15-11+,19-9?. The highest BCUT2D eigenvalue weighted by atomic mass is 16.1. The van der Waals surface area contributed by atoms with Crippen LogP contribution >= 0.6 is 0 Å². The molecule has 0 saturated heterocycles. The number of nitrogens with zero attached hydrogens (tertiary/aromatic N) is 2. The predicted octanol–water partition coefficient (Wildman–Crippen LogP) is 1.93. The quantitative estimate of drug-likeness (QED) is 0.359. The van der Waals surface area contributed by atoms with E-state index in [1.54, 1.807) is 19.4 Å². The summed E-state index contributed by atoms with van der Waals surface area (Å²) in [7, 11) is 1.76. The minimum absolute atomic E-state index is 0.129. The second-order valence-electron chi connectivity index (χ2n) is 6.30. The van der Waals surface area contributed by atoms with Crippen LogP contribution in [-0.4, -0.2) is 41.2 Å². The van der Waals surface area contributed by atoms with Gasteiger partial charge in [0.2, 0.25) is 11.9 Å². The number of hydrogen-bond donors (Lipinski definition) is 5. The molecule has 0 spiro atoms.